The molecule has 0 spiro atoms. The molecule has 0 radical (unpaired) electrons. The predicted octanol–water partition coefficient (Wildman–Crippen LogP) is 2.45. The zero-order valence-corrected chi connectivity index (χ0v) is 14.3. The lowest BCUT2D eigenvalue weighted by atomic mass is 10.1. The van der Waals surface area contributed by atoms with Gasteiger partial charge in [-0.1, -0.05) is 23.7 Å². The molecule has 0 bridgehead atoms. The first-order valence-electron chi connectivity index (χ1n) is 8.10. The molecule has 1 aliphatic heterocycles. The van der Waals surface area contributed by atoms with E-state index in [1.54, 1.807) is 6.07 Å². The molecule has 0 saturated carbocycles. The monoisotopic (exact) mass is 340 g/mol. The van der Waals surface area contributed by atoms with Crippen LogP contribution >= 0.6 is 11.6 Å². The Morgan fingerprint density at radius 1 is 1.43 bits per heavy atom. The highest BCUT2D eigenvalue weighted by molar-refractivity contribution is 6.33. The summed E-state index contributed by atoms with van der Waals surface area (Å²) in [6.45, 7) is 4.76. The van der Waals surface area contributed by atoms with Gasteiger partial charge < -0.3 is 15.2 Å². The lowest BCUT2D eigenvalue weighted by molar-refractivity contribution is -0.118. The number of piperidine rings is 1. The first-order chi connectivity index (χ1) is 11.1. The summed E-state index contributed by atoms with van der Waals surface area (Å²) in [7, 11) is 0. The minimum Gasteiger partial charge on any atom is -0.396 e. The third kappa shape index (κ3) is 5.77. The number of nitrogens with one attached hydrogen (secondary N) is 1. The molecule has 1 aromatic carbocycles. The third-order valence-electron chi connectivity index (χ3n) is 4.04. The van der Waals surface area contributed by atoms with Crippen molar-refractivity contribution in [2.75, 3.05) is 38.2 Å². The number of ether oxygens (including phenoxy) is 1. The maximum Gasteiger partial charge on any atom is 0.238 e. The molecule has 1 aromatic rings. The molecule has 1 heterocycles. The highest BCUT2D eigenvalue weighted by Crippen LogP contribution is 2.25. The van der Waals surface area contributed by atoms with E-state index < -0.39 is 0 Å². The van der Waals surface area contributed by atoms with Gasteiger partial charge in [0.2, 0.25) is 5.91 Å². The zero-order chi connectivity index (χ0) is 16.7. The van der Waals surface area contributed by atoms with Gasteiger partial charge in [0.15, 0.2) is 0 Å². The normalized spacial score (nSPS) is 16.5. The van der Waals surface area contributed by atoms with Crippen LogP contribution in [0.25, 0.3) is 0 Å². The number of likely N-dealkylation sites (tertiary alicyclic amines) is 1. The summed E-state index contributed by atoms with van der Waals surface area (Å²) >= 11 is 6.13. The number of aryl methyl sites for hydroxylation is 1. The van der Waals surface area contributed by atoms with Gasteiger partial charge in [-0.25, -0.2) is 0 Å². The number of hydrogen-bond acceptors (Lipinski definition) is 4. The Labute approximate surface area is 142 Å². The van der Waals surface area contributed by atoms with Crippen molar-refractivity contribution in [2.45, 2.75) is 32.3 Å². The Morgan fingerprint density at radius 3 is 2.83 bits per heavy atom. The Morgan fingerprint density at radius 2 is 2.17 bits per heavy atom. The molecule has 5 nitrogen and oxygen atoms in total. The Kier molecular flexibility index (Phi) is 7.30. The van der Waals surface area contributed by atoms with Gasteiger partial charge in [0, 0.05) is 26.3 Å². The lowest BCUT2D eigenvalue weighted by Gasteiger charge is -2.31. The van der Waals surface area contributed by atoms with Gasteiger partial charge >= 0.3 is 0 Å². The molecule has 1 aliphatic rings. The largest absolute Gasteiger partial charge is 0.396 e. The minimum absolute atomic E-state index is 0.0409. The van der Waals surface area contributed by atoms with Crippen molar-refractivity contribution in [2.24, 2.45) is 0 Å². The molecule has 0 unspecified atom stereocenters. The van der Waals surface area contributed by atoms with E-state index in [2.05, 4.69) is 10.2 Å². The van der Waals surface area contributed by atoms with Gasteiger partial charge in [-0.15, -0.1) is 0 Å². The minimum atomic E-state index is -0.0409. The average molecular weight is 341 g/mol. The number of rotatable bonds is 7. The van der Waals surface area contributed by atoms with E-state index in [0.717, 1.165) is 31.5 Å². The fourth-order valence-electron chi connectivity index (χ4n) is 2.72. The molecule has 2 rings (SSSR count). The van der Waals surface area contributed by atoms with Crippen LogP contribution in [0.3, 0.4) is 0 Å². The SMILES string of the molecule is Cc1cccc(Cl)c1NC(=O)CN1CCC(OCCCO)CC1. The molecular formula is C17H25ClN2O3. The van der Waals surface area contributed by atoms with E-state index >= 15 is 0 Å². The number of anilines is 1. The lowest BCUT2D eigenvalue weighted by Crippen LogP contribution is -2.41. The van der Waals surface area contributed by atoms with Crippen LogP contribution in [0, 0.1) is 6.92 Å². The number of amides is 1. The van der Waals surface area contributed by atoms with Gasteiger partial charge in [-0.2, -0.15) is 0 Å². The van der Waals surface area contributed by atoms with E-state index in [0.29, 0.717) is 30.3 Å². The first kappa shape index (κ1) is 18.2. The fourth-order valence-corrected chi connectivity index (χ4v) is 2.99. The topological polar surface area (TPSA) is 61.8 Å². The van der Waals surface area contributed by atoms with Crippen molar-refractivity contribution in [1.82, 2.24) is 4.90 Å². The maximum absolute atomic E-state index is 12.2. The molecule has 1 saturated heterocycles. The van der Waals surface area contributed by atoms with E-state index in [4.69, 9.17) is 21.4 Å². The summed E-state index contributed by atoms with van der Waals surface area (Å²) in [6.07, 6.45) is 2.76. The predicted molar refractivity (Wildman–Crippen MR) is 91.9 cm³/mol. The molecular weight excluding hydrogens is 316 g/mol. The molecule has 23 heavy (non-hydrogen) atoms. The molecule has 0 atom stereocenters. The molecule has 128 valence electrons. The first-order valence-corrected chi connectivity index (χ1v) is 8.47. The number of nitrogens with zero attached hydrogens (tertiary/aromatic N) is 1. The highest BCUT2D eigenvalue weighted by Gasteiger charge is 2.21. The van der Waals surface area contributed by atoms with E-state index in [1.165, 1.54) is 0 Å². The Hall–Kier alpha value is -1.14. The number of para-hydroxylation sites is 1. The van der Waals surface area contributed by atoms with Crippen molar-refractivity contribution in [3.8, 4) is 0 Å². The number of halogens is 1. The van der Waals surface area contributed by atoms with Crippen LogP contribution in [0.5, 0.6) is 0 Å². The molecule has 2 N–H and O–H groups in total. The summed E-state index contributed by atoms with van der Waals surface area (Å²) in [4.78, 5) is 14.3. The van der Waals surface area contributed by atoms with Gasteiger partial charge in [0.05, 0.1) is 23.4 Å². The van der Waals surface area contributed by atoms with Crippen LogP contribution in [0.15, 0.2) is 18.2 Å². The average Bonchev–Trinajstić information content (AvgIpc) is 2.53. The van der Waals surface area contributed by atoms with Crippen molar-refractivity contribution in [1.29, 1.82) is 0 Å². The van der Waals surface area contributed by atoms with Gasteiger partial charge in [-0.3, -0.25) is 9.69 Å². The number of aliphatic hydroxyl groups is 1. The zero-order valence-electron chi connectivity index (χ0n) is 13.6. The van der Waals surface area contributed by atoms with Crippen LogP contribution in [0.2, 0.25) is 5.02 Å². The number of aliphatic hydroxyl groups excluding tert-OH is 1. The maximum atomic E-state index is 12.2. The number of carbonyl (C=O) groups is 1. The number of hydrogen-bond donors (Lipinski definition) is 2. The van der Waals surface area contributed by atoms with Crippen molar-refractivity contribution in [3.63, 3.8) is 0 Å². The summed E-state index contributed by atoms with van der Waals surface area (Å²) < 4.78 is 5.70. The summed E-state index contributed by atoms with van der Waals surface area (Å²) in [5, 5.41) is 12.2. The fraction of sp³-hybridized carbons (Fsp3) is 0.588. The smallest absolute Gasteiger partial charge is 0.238 e. The Balaban J connectivity index is 1.75. The Bertz CT molecular complexity index is 496. The van der Waals surface area contributed by atoms with E-state index in [1.807, 2.05) is 19.1 Å². The van der Waals surface area contributed by atoms with Crippen LogP contribution in [0.1, 0.15) is 24.8 Å². The second-order valence-corrected chi connectivity index (χ2v) is 6.31. The van der Waals surface area contributed by atoms with Crippen molar-refractivity contribution < 1.29 is 14.6 Å². The summed E-state index contributed by atoms with van der Waals surface area (Å²) in [6, 6.07) is 5.57. The van der Waals surface area contributed by atoms with Crippen LogP contribution in [0.4, 0.5) is 5.69 Å². The quantitative estimate of drug-likeness (QED) is 0.748. The second-order valence-electron chi connectivity index (χ2n) is 5.90. The molecule has 0 aliphatic carbocycles. The molecule has 1 amide bonds. The van der Waals surface area contributed by atoms with Gasteiger partial charge in [-0.05, 0) is 37.8 Å². The molecule has 1 fully saturated rings. The third-order valence-corrected chi connectivity index (χ3v) is 4.36. The van der Waals surface area contributed by atoms with Crippen LogP contribution < -0.4 is 5.32 Å². The van der Waals surface area contributed by atoms with Gasteiger partial charge in [0.1, 0.15) is 0 Å². The van der Waals surface area contributed by atoms with E-state index in [9.17, 15) is 4.79 Å². The van der Waals surface area contributed by atoms with E-state index in [-0.39, 0.29) is 18.6 Å². The van der Waals surface area contributed by atoms with Gasteiger partial charge in [0.25, 0.3) is 0 Å². The van der Waals surface area contributed by atoms with Crippen LogP contribution in [-0.2, 0) is 9.53 Å². The van der Waals surface area contributed by atoms with Crippen LogP contribution in [-0.4, -0.2) is 54.9 Å². The highest BCUT2D eigenvalue weighted by atomic mass is 35.5. The van der Waals surface area contributed by atoms with Crippen molar-refractivity contribution >= 4 is 23.2 Å². The number of carbonyl (C=O) groups excluding carboxylic acids is 1. The molecule has 0 aromatic heterocycles. The van der Waals surface area contributed by atoms with Crippen molar-refractivity contribution in [3.05, 3.63) is 28.8 Å². The summed E-state index contributed by atoms with van der Waals surface area (Å²) in [5.74, 6) is -0.0409. The molecule has 6 heteroatoms. The number of benzene rings is 1. The summed E-state index contributed by atoms with van der Waals surface area (Å²) in [5.41, 5.74) is 1.66. The second kappa shape index (κ2) is 9.23. The standard InChI is InChI=1S/C17H25ClN2O3/c1-13-4-2-5-15(18)17(13)19-16(22)12-20-8-6-14(7-9-20)23-11-3-10-21/h2,4-5,14,21H,3,6-12H2,1H3,(H,19,22).